The number of nitrogens with one attached hydrogen (secondary N) is 1. The van der Waals surface area contributed by atoms with E-state index in [1.165, 1.54) is 0 Å². The molecule has 1 aromatic carbocycles. The van der Waals surface area contributed by atoms with Gasteiger partial charge in [0.1, 0.15) is 5.75 Å². The molecule has 0 atom stereocenters. The van der Waals surface area contributed by atoms with Crippen LogP contribution in [0.3, 0.4) is 0 Å². The summed E-state index contributed by atoms with van der Waals surface area (Å²) in [6, 6.07) is 9.52. The van der Waals surface area contributed by atoms with Gasteiger partial charge in [0, 0.05) is 10.6 Å². The fourth-order valence-corrected chi connectivity index (χ4v) is 2.37. The second-order valence-electron chi connectivity index (χ2n) is 3.99. The summed E-state index contributed by atoms with van der Waals surface area (Å²) in [5.41, 5.74) is 1.83. The van der Waals surface area contributed by atoms with Gasteiger partial charge in [-0.05, 0) is 42.1 Å². The predicted molar refractivity (Wildman–Crippen MR) is 74.4 cm³/mol. The van der Waals surface area contributed by atoms with Gasteiger partial charge in [0.05, 0.1) is 13.5 Å². The lowest BCUT2D eigenvalue weighted by Gasteiger charge is -2.09. The lowest BCUT2D eigenvalue weighted by atomic mass is 10.2. The van der Waals surface area contributed by atoms with Crippen molar-refractivity contribution in [3.8, 4) is 5.75 Å². The molecule has 0 aliphatic heterocycles. The van der Waals surface area contributed by atoms with Crippen LogP contribution in [0.15, 0.2) is 35.7 Å². The van der Waals surface area contributed by atoms with Gasteiger partial charge in [0.25, 0.3) is 0 Å². The maximum atomic E-state index is 11.9. The highest BCUT2D eigenvalue weighted by Gasteiger charge is 2.07. The van der Waals surface area contributed by atoms with Crippen LogP contribution >= 0.6 is 11.3 Å². The van der Waals surface area contributed by atoms with E-state index < -0.39 is 0 Å². The standard InChI is InChI=1S/C14H15NO2S/c1-10-8-11(17-2)5-6-13(10)15-14(16)9-12-4-3-7-18-12/h3-8H,9H2,1-2H3,(H,15,16). The summed E-state index contributed by atoms with van der Waals surface area (Å²) in [4.78, 5) is 12.9. The number of benzene rings is 1. The van der Waals surface area contributed by atoms with Crippen LogP contribution in [0.2, 0.25) is 0 Å². The summed E-state index contributed by atoms with van der Waals surface area (Å²) < 4.78 is 5.13. The van der Waals surface area contributed by atoms with Crippen molar-refractivity contribution in [2.75, 3.05) is 12.4 Å². The van der Waals surface area contributed by atoms with Gasteiger partial charge in [0.2, 0.25) is 5.91 Å². The van der Waals surface area contributed by atoms with E-state index in [1.54, 1.807) is 18.4 Å². The minimum Gasteiger partial charge on any atom is -0.497 e. The molecule has 0 fully saturated rings. The average molecular weight is 261 g/mol. The monoisotopic (exact) mass is 261 g/mol. The van der Waals surface area contributed by atoms with Crippen molar-refractivity contribution < 1.29 is 9.53 Å². The number of amides is 1. The van der Waals surface area contributed by atoms with Gasteiger partial charge in [-0.2, -0.15) is 0 Å². The van der Waals surface area contributed by atoms with E-state index in [9.17, 15) is 4.79 Å². The zero-order chi connectivity index (χ0) is 13.0. The molecule has 0 radical (unpaired) electrons. The van der Waals surface area contributed by atoms with Crippen molar-refractivity contribution in [2.24, 2.45) is 0 Å². The number of rotatable bonds is 4. The minimum absolute atomic E-state index is 0.00529. The van der Waals surface area contributed by atoms with Gasteiger partial charge in [-0.15, -0.1) is 11.3 Å². The molecule has 0 unspecified atom stereocenters. The van der Waals surface area contributed by atoms with Crippen molar-refractivity contribution in [3.05, 3.63) is 46.2 Å². The summed E-state index contributed by atoms with van der Waals surface area (Å²) in [5, 5.41) is 4.89. The molecule has 2 aromatic rings. The molecule has 0 aliphatic rings. The van der Waals surface area contributed by atoms with Crippen LogP contribution in [0.1, 0.15) is 10.4 Å². The first-order valence-electron chi connectivity index (χ1n) is 5.66. The van der Waals surface area contributed by atoms with Gasteiger partial charge in [0.15, 0.2) is 0 Å². The number of carbonyl (C=O) groups is 1. The first-order chi connectivity index (χ1) is 8.69. The summed E-state index contributed by atoms with van der Waals surface area (Å²) in [5.74, 6) is 0.800. The molecule has 1 N–H and O–H groups in total. The Morgan fingerprint density at radius 1 is 1.39 bits per heavy atom. The number of hydrogen-bond acceptors (Lipinski definition) is 3. The van der Waals surface area contributed by atoms with E-state index >= 15 is 0 Å². The van der Waals surface area contributed by atoms with E-state index in [0.29, 0.717) is 6.42 Å². The molecule has 1 amide bonds. The highest BCUT2D eigenvalue weighted by atomic mass is 32.1. The Kier molecular flexibility index (Phi) is 3.99. The Morgan fingerprint density at radius 3 is 2.83 bits per heavy atom. The lowest BCUT2D eigenvalue weighted by molar-refractivity contribution is -0.115. The minimum atomic E-state index is 0.00529. The third-order valence-electron chi connectivity index (χ3n) is 2.62. The molecule has 4 heteroatoms. The third-order valence-corrected chi connectivity index (χ3v) is 3.50. The molecule has 3 nitrogen and oxygen atoms in total. The summed E-state index contributed by atoms with van der Waals surface area (Å²) in [6.07, 6.45) is 0.420. The van der Waals surface area contributed by atoms with Crippen LogP contribution < -0.4 is 10.1 Å². The van der Waals surface area contributed by atoms with Crippen LogP contribution in [-0.2, 0) is 11.2 Å². The van der Waals surface area contributed by atoms with Crippen molar-refractivity contribution in [2.45, 2.75) is 13.3 Å². The Bertz CT molecular complexity index is 535. The van der Waals surface area contributed by atoms with E-state index in [4.69, 9.17) is 4.74 Å². The van der Waals surface area contributed by atoms with Gasteiger partial charge in [-0.1, -0.05) is 6.07 Å². The van der Waals surface area contributed by atoms with Gasteiger partial charge in [-0.25, -0.2) is 0 Å². The zero-order valence-corrected chi connectivity index (χ0v) is 11.2. The quantitative estimate of drug-likeness (QED) is 0.917. The first-order valence-corrected chi connectivity index (χ1v) is 6.54. The number of methoxy groups -OCH3 is 1. The molecule has 1 heterocycles. The second-order valence-corrected chi connectivity index (χ2v) is 5.02. The number of aryl methyl sites for hydroxylation is 1. The Morgan fingerprint density at radius 2 is 2.22 bits per heavy atom. The topological polar surface area (TPSA) is 38.3 Å². The Labute approximate surface area is 110 Å². The van der Waals surface area contributed by atoms with Crippen molar-refractivity contribution in [3.63, 3.8) is 0 Å². The van der Waals surface area contributed by atoms with E-state index in [1.807, 2.05) is 42.6 Å². The van der Waals surface area contributed by atoms with Crippen molar-refractivity contribution in [1.29, 1.82) is 0 Å². The van der Waals surface area contributed by atoms with Gasteiger partial charge < -0.3 is 10.1 Å². The molecule has 0 bridgehead atoms. The lowest BCUT2D eigenvalue weighted by Crippen LogP contribution is -2.14. The fourth-order valence-electron chi connectivity index (χ4n) is 1.67. The molecule has 2 rings (SSSR count). The van der Waals surface area contributed by atoms with Gasteiger partial charge in [-0.3, -0.25) is 4.79 Å². The molecule has 94 valence electrons. The normalized spacial score (nSPS) is 10.1. The molecule has 0 spiro atoms. The van der Waals surface area contributed by atoms with Crippen LogP contribution in [0.4, 0.5) is 5.69 Å². The molecule has 1 aromatic heterocycles. The smallest absolute Gasteiger partial charge is 0.229 e. The van der Waals surface area contributed by atoms with E-state index in [0.717, 1.165) is 21.9 Å². The summed E-state index contributed by atoms with van der Waals surface area (Å²) in [6.45, 7) is 1.95. The van der Waals surface area contributed by atoms with Crippen LogP contribution in [-0.4, -0.2) is 13.0 Å². The highest BCUT2D eigenvalue weighted by molar-refractivity contribution is 7.10. The third kappa shape index (κ3) is 3.11. The molecular weight excluding hydrogens is 246 g/mol. The molecule has 18 heavy (non-hydrogen) atoms. The number of carbonyl (C=O) groups excluding carboxylic acids is 1. The van der Waals surface area contributed by atoms with Gasteiger partial charge >= 0.3 is 0 Å². The molecule has 0 saturated heterocycles. The number of anilines is 1. The zero-order valence-electron chi connectivity index (χ0n) is 10.4. The van der Waals surface area contributed by atoms with E-state index in [2.05, 4.69) is 5.32 Å². The summed E-state index contributed by atoms with van der Waals surface area (Å²) >= 11 is 1.59. The second kappa shape index (κ2) is 5.69. The largest absolute Gasteiger partial charge is 0.497 e. The van der Waals surface area contributed by atoms with E-state index in [-0.39, 0.29) is 5.91 Å². The SMILES string of the molecule is COc1ccc(NC(=O)Cc2cccs2)c(C)c1. The highest BCUT2D eigenvalue weighted by Crippen LogP contribution is 2.21. The molecule has 0 saturated carbocycles. The fraction of sp³-hybridized carbons (Fsp3) is 0.214. The van der Waals surface area contributed by atoms with Crippen LogP contribution in [0.5, 0.6) is 5.75 Å². The maximum absolute atomic E-state index is 11.9. The number of thiophene rings is 1. The number of hydrogen-bond donors (Lipinski definition) is 1. The molecular formula is C14H15NO2S. The van der Waals surface area contributed by atoms with Crippen molar-refractivity contribution in [1.82, 2.24) is 0 Å². The average Bonchev–Trinajstić information content (AvgIpc) is 2.84. The van der Waals surface area contributed by atoms with Crippen LogP contribution in [0, 0.1) is 6.92 Å². The number of ether oxygens (including phenoxy) is 1. The Hall–Kier alpha value is -1.81. The first kappa shape index (κ1) is 12.6. The molecule has 0 aliphatic carbocycles. The predicted octanol–water partition coefficient (Wildman–Crippen LogP) is 3.25. The summed E-state index contributed by atoms with van der Waals surface area (Å²) in [7, 11) is 1.63. The maximum Gasteiger partial charge on any atom is 0.229 e. The van der Waals surface area contributed by atoms with Crippen molar-refractivity contribution >= 4 is 22.9 Å². The van der Waals surface area contributed by atoms with Crippen LogP contribution in [0.25, 0.3) is 0 Å². The Balaban J connectivity index is 2.03.